The highest BCUT2D eigenvalue weighted by Crippen LogP contribution is 2.36. The van der Waals surface area contributed by atoms with Gasteiger partial charge in [0.2, 0.25) is 0 Å². The Morgan fingerprint density at radius 1 is 1.18 bits per heavy atom. The van der Waals surface area contributed by atoms with Gasteiger partial charge >= 0.3 is 0 Å². The first-order valence-corrected chi connectivity index (χ1v) is 12.4. The van der Waals surface area contributed by atoms with E-state index in [2.05, 4.69) is 19.1 Å². The molecule has 2 aliphatic heterocycles. The van der Waals surface area contributed by atoms with Crippen molar-refractivity contribution in [1.82, 2.24) is 9.88 Å². The average Bonchev–Trinajstić information content (AvgIpc) is 3.28. The predicted molar refractivity (Wildman–Crippen MR) is 129 cm³/mol. The van der Waals surface area contributed by atoms with Crippen molar-refractivity contribution in [2.75, 3.05) is 13.2 Å². The van der Waals surface area contributed by atoms with Crippen LogP contribution in [-0.4, -0.2) is 28.9 Å². The molecule has 0 N–H and O–H groups in total. The third-order valence-electron chi connectivity index (χ3n) is 6.72. The van der Waals surface area contributed by atoms with Crippen molar-refractivity contribution in [3.63, 3.8) is 0 Å². The number of carbonyl (C=O) groups excluding carboxylic acids is 1. The highest BCUT2D eigenvalue weighted by Gasteiger charge is 2.30. The summed E-state index contributed by atoms with van der Waals surface area (Å²) in [6, 6.07) is 14.0. The SMILES string of the molecule is Cc1cc(C)c(-c2nc3c(s2)COCC3)cc1C(=O)N1CCCCC1c1ccc(C#N)cc1. The smallest absolute Gasteiger partial charge is 0.254 e. The number of fused-ring (bicyclic) bond motifs is 1. The number of hydrogen-bond donors (Lipinski definition) is 0. The van der Waals surface area contributed by atoms with E-state index in [1.807, 2.05) is 42.2 Å². The van der Waals surface area contributed by atoms with Crippen LogP contribution in [0.5, 0.6) is 0 Å². The van der Waals surface area contributed by atoms with Gasteiger partial charge in [-0.3, -0.25) is 4.79 Å². The molecule has 33 heavy (non-hydrogen) atoms. The second-order valence-corrected chi connectivity index (χ2v) is 10.0. The molecule has 5 nitrogen and oxygen atoms in total. The van der Waals surface area contributed by atoms with Gasteiger partial charge in [0.1, 0.15) is 5.01 Å². The van der Waals surface area contributed by atoms with Gasteiger partial charge in [0.15, 0.2) is 0 Å². The maximum Gasteiger partial charge on any atom is 0.254 e. The topological polar surface area (TPSA) is 66.2 Å². The number of nitriles is 1. The Hall–Kier alpha value is -3.01. The van der Waals surface area contributed by atoms with Crippen LogP contribution in [0.25, 0.3) is 10.6 Å². The van der Waals surface area contributed by atoms with Crippen molar-refractivity contribution in [2.45, 2.75) is 52.2 Å². The molecule has 3 heterocycles. The van der Waals surface area contributed by atoms with Gasteiger partial charge in [-0.1, -0.05) is 18.2 Å². The molecular weight excluding hydrogens is 430 g/mol. The van der Waals surface area contributed by atoms with E-state index in [0.29, 0.717) is 12.2 Å². The Balaban J connectivity index is 1.49. The Morgan fingerprint density at radius 2 is 2.00 bits per heavy atom. The van der Waals surface area contributed by atoms with Crippen molar-refractivity contribution in [3.8, 4) is 16.6 Å². The van der Waals surface area contributed by atoms with Crippen LogP contribution in [0.1, 0.15) is 68.5 Å². The molecule has 1 unspecified atom stereocenters. The van der Waals surface area contributed by atoms with E-state index in [4.69, 9.17) is 15.0 Å². The molecular formula is C27H27N3O2S. The highest BCUT2D eigenvalue weighted by atomic mass is 32.1. The number of likely N-dealkylation sites (tertiary alicyclic amines) is 1. The summed E-state index contributed by atoms with van der Waals surface area (Å²) in [5.41, 5.74) is 6.79. The Bertz CT molecular complexity index is 1220. The number of amides is 1. The number of piperidine rings is 1. The highest BCUT2D eigenvalue weighted by molar-refractivity contribution is 7.15. The minimum Gasteiger partial charge on any atom is -0.375 e. The molecule has 0 bridgehead atoms. The monoisotopic (exact) mass is 457 g/mol. The van der Waals surface area contributed by atoms with Crippen molar-refractivity contribution in [1.29, 1.82) is 5.26 Å². The minimum absolute atomic E-state index is 0.0347. The van der Waals surface area contributed by atoms with E-state index in [-0.39, 0.29) is 11.9 Å². The minimum atomic E-state index is 0.0347. The molecule has 1 aromatic heterocycles. The summed E-state index contributed by atoms with van der Waals surface area (Å²) in [4.78, 5) is 22.0. The third-order valence-corrected chi connectivity index (χ3v) is 7.82. The molecule has 0 radical (unpaired) electrons. The predicted octanol–water partition coefficient (Wildman–Crippen LogP) is 5.74. The van der Waals surface area contributed by atoms with Crippen molar-refractivity contribution >= 4 is 17.2 Å². The Labute approximate surface area is 198 Å². The fourth-order valence-electron chi connectivity index (χ4n) is 4.91. The van der Waals surface area contributed by atoms with Gasteiger partial charge in [0, 0.05) is 24.1 Å². The fraction of sp³-hybridized carbons (Fsp3) is 0.370. The average molecular weight is 458 g/mol. The summed E-state index contributed by atoms with van der Waals surface area (Å²) < 4.78 is 5.60. The van der Waals surface area contributed by atoms with Gasteiger partial charge in [0.25, 0.3) is 5.91 Å². The second-order valence-electron chi connectivity index (χ2n) is 8.92. The summed E-state index contributed by atoms with van der Waals surface area (Å²) in [7, 11) is 0. The van der Waals surface area contributed by atoms with Crippen molar-refractivity contribution < 1.29 is 9.53 Å². The molecule has 2 aromatic carbocycles. The Kier molecular flexibility index (Phi) is 6.01. The molecule has 3 aromatic rings. The van der Waals surface area contributed by atoms with E-state index in [1.165, 1.54) is 4.88 Å². The zero-order valence-electron chi connectivity index (χ0n) is 19.1. The summed E-state index contributed by atoms with van der Waals surface area (Å²) in [5.74, 6) is 0.0764. The Morgan fingerprint density at radius 3 is 2.76 bits per heavy atom. The molecule has 2 aliphatic rings. The van der Waals surface area contributed by atoms with Gasteiger partial charge in [-0.15, -0.1) is 11.3 Å². The lowest BCUT2D eigenvalue weighted by Gasteiger charge is -2.36. The van der Waals surface area contributed by atoms with E-state index in [9.17, 15) is 4.79 Å². The van der Waals surface area contributed by atoms with E-state index in [1.54, 1.807) is 11.3 Å². The zero-order chi connectivity index (χ0) is 22.9. The maximum absolute atomic E-state index is 13.9. The first-order chi connectivity index (χ1) is 16.0. The normalized spacial score (nSPS) is 18.0. The first-order valence-electron chi connectivity index (χ1n) is 11.5. The molecule has 5 rings (SSSR count). The van der Waals surface area contributed by atoms with Crippen LogP contribution < -0.4 is 0 Å². The third kappa shape index (κ3) is 4.19. The number of benzene rings is 2. The van der Waals surface area contributed by atoms with E-state index in [0.717, 1.165) is 77.4 Å². The summed E-state index contributed by atoms with van der Waals surface area (Å²) in [5, 5.41) is 10.1. The fourth-order valence-corrected chi connectivity index (χ4v) is 6.04. The van der Waals surface area contributed by atoms with Crippen LogP contribution in [0.4, 0.5) is 0 Å². The molecule has 168 valence electrons. The van der Waals surface area contributed by atoms with Crippen LogP contribution in [-0.2, 0) is 17.8 Å². The lowest BCUT2D eigenvalue weighted by Crippen LogP contribution is -2.38. The number of hydrogen-bond acceptors (Lipinski definition) is 5. The molecule has 1 fully saturated rings. The van der Waals surface area contributed by atoms with Crippen molar-refractivity contribution in [3.05, 3.63) is 74.8 Å². The number of aromatic nitrogens is 1. The number of aryl methyl sites for hydroxylation is 2. The number of nitrogens with zero attached hydrogens (tertiary/aromatic N) is 3. The zero-order valence-corrected chi connectivity index (χ0v) is 19.9. The van der Waals surface area contributed by atoms with Crippen LogP contribution in [0.3, 0.4) is 0 Å². The molecule has 1 atom stereocenters. The molecule has 0 aliphatic carbocycles. The lowest BCUT2D eigenvalue weighted by atomic mass is 9.92. The molecule has 6 heteroatoms. The quantitative estimate of drug-likeness (QED) is 0.503. The summed E-state index contributed by atoms with van der Waals surface area (Å²) in [6.07, 6.45) is 3.89. The molecule has 0 spiro atoms. The van der Waals surface area contributed by atoms with Gasteiger partial charge in [-0.2, -0.15) is 5.26 Å². The number of ether oxygens (including phenoxy) is 1. The number of thiazole rings is 1. The maximum atomic E-state index is 13.9. The molecule has 1 amide bonds. The second kappa shape index (κ2) is 9.09. The van der Waals surface area contributed by atoms with E-state index < -0.39 is 0 Å². The van der Waals surface area contributed by atoms with E-state index >= 15 is 0 Å². The largest absolute Gasteiger partial charge is 0.375 e. The number of rotatable bonds is 3. The van der Waals surface area contributed by atoms with Gasteiger partial charge in [-0.05, 0) is 68.0 Å². The van der Waals surface area contributed by atoms with Gasteiger partial charge in [0.05, 0.1) is 41.5 Å². The molecule has 0 saturated carbocycles. The van der Waals surface area contributed by atoms with Gasteiger partial charge in [-0.25, -0.2) is 4.98 Å². The van der Waals surface area contributed by atoms with Gasteiger partial charge < -0.3 is 9.64 Å². The van der Waals surface area contributed by atoms with Crippen LogP contribution in [0.2, 0.25) is 0 Å². The van der Waals surface area contributed by atoms with Crippen LogP contribution >= 0.6 is 11.3 Å². The number of carbonyl (C=O) groups is 1. The standard InChI is InChI=1S/C27H27N3O2S/c1-17-13-18(2)22(14-21(17)26-29-23-10-12-32-16-25(23)33-26)27(31)30-11-4-3-5-24(30)20-8-6-19(15-28)7-9-20/h6-9,13-14,24H,3-5,10-12,16H2,1-2H3. The summed E-state index contributed by atoms with van der Waals surface area (Å²) >= 11 is 1.68. The van der Waals surface area contributed by atoms with Crippen molar-refractivity contribution in [2.24, 2.45) is 0 Å². The lowest BCUT2D eigenvalue weighted by molar-refractivity contribution is 0.0611. The first kappa shape index (κ1) is 21.8. The van der Waals surface area contributed by atoms with Crippen LogP contribution in [0, 0.1) is 25.2 Å². The van der Waals surface area contributed by atoms with Crippen LogP contribution in [0.15, 0.2) is 36.4 Å². The summed E-state index contributed by atoms with van der Waals surface area (Å²) in [6.45, 7) is 6.20. The molecule has 1 saturated heterocycles.